The van der Waals surface area contributed by atoms with E-state index in [4.69, 9.17) is 18.9 Å². The number of nitrogens with one attached hydrogen (secondary N) is 2. The largest absolute Gasteiger partial charge is 0.497 e. The predicted molar refractivity (Wildman–Crippen MR) is 153 cm³/mol. The van der Waals surface area contributed by atoms with Crippen molar-refractivity contribution >= 4 is 23.8 Å². The van der Waals surface area contributed by atoms with Crippen molar-refractivity contribution in [1.29, 1.82) is 0 Å². The quantitative estimate of drug-likeness (QED) is 0.395. The molecule has 2 aromatic carbocycles. The van der Waals surface area contributed by atoms with E-state index in [-0.39, 0.29) is 43.9 Å². The highest BCUT2D eigenvalue weighted by atomic mass is 16.6. The minimum atomic E-state index is -1.56. The van der Waals surface area contributed by atoms with E-state index < -0.39 is 41.5 Å². The number of cyclic esters (lactones) is 2. The molecule has 2 aliphatic rings. The summed E-state index contributed by atoms with van der Waals surface area (Å²) in [5.41, 5.74) is 0.283. The van der Waals surface area contributed by atoms with Crippen LogP contribution >= 0.6 is 0 Å². The molecule has 10 heteroatoms. The average Bonchev–Trinajstić information content (AvgIpc) is 3.77. The lowest BCUT2D eigenvalue weighted by molar-refractivity contribution is -0.184. The third-order valence-corrected chi connectivity index (χ3v) is 7.38. The Bertz CT molecular complexity index is 1290. The molecule has 2 heterocycles. The fourth-order valence-electron chi connectivity index (χ4n) is 4.82. The molecule has 0 aromatic heterocycles. The number of epoxide rings is 1. The molecule has 0 radical (unpaired) electrons. The number of hydrogen-bond donors (Lipinski definition) is 2. The van der Waals surface area contributed by atoms with Crippen molar-refractivity contribution in [3.63, 3.8) is 0 Å². The first-order valence-electron chi connectivity index (χ1n) is 14.1. The molecule has 1 fully saturated rings. The number of rotatable bonds is 6. The molecule has 0 saturated carbocycles. The first kappa shape index (κ1) is 30.8. The van der Waals surface area contributed by atoms with Crippen LogP contribution < -0.4 is 15.4 Å². The predicted octanol–water partition coefficient (Wildman–Crippen LogP) is 3.20. The van der Waals surface area contributed by atoms with E-state index >= 15 is 0 Å². The van der Waals surface area contributed by atoms with E-state index in [9.17, 15) is 19.2 Å². The van der Waals surface area contributed by atoms with Crippen LogP contribution in [0.15, 0.2) is 66.7 Å². The monoisotopic (exact) mass is 578 g/mol. The summed E-state index contributed by atoms with van der Waals surface area (Å²) in [4.78, 5) is 51.6. The van der Waals surface area contributed by atoms with E-state index in [2.05, 4.69) is 10.6 Å². The number of benzene rings is 2. The summed E-state index contributed by atoms with van der Waals surface area (Å²) in [6, 6.07) is 16.0. The van der Waals surface area contributed by atoms with Gasteiger partial charge in [0.2, 0.25) is 17.4 Å². The van der Waals surface area contributed by atoms with Gasteiger partial charge in [-0.1, -0.05) is 55.5 Å². The Labute approximate surface area is 245 Å². The third-order valence-electron chi connectivity index (χ3n) is 7.38. The van der Waals surface area contributed by atoms with Crippen molar-refractivity contribution in [2.75, 3.05) is 13.7 Å². The summed E-state index contributed by atoms with van der Waals surface area (Å²) in [5.74, 6) is -1.86. The average molecular weight is 579 g/mol. The minimum absolute atomic E-state index is 0.0346. The normalized spacial score (nSPS) is 26.6. The van der Waals surface area contributed by atoms with E-state index in [1.807, 2.05) is 49.4 Å². The molecule has 4 rings (SSSR count). The van der Waals surface area contributed by atoms with Gasteiger partial charge in [0.15, 0.2) is 0 Å². The van der Waals surface area contributed by atoms with Gasteiger partial charge >= 0.3 is 11.9 Å². The lowest BCUT2D eigenvalue weighted by atomic mass is 9.93. The molecule has 2 amide bonds. The summed E-state index contributed by atoms with van der Waals surface area (Å²) in [6.45, 7) is 4.82. The number of carbonyl (C=O) groups is 4. The second-order valence-corrected chi connectivity index (χ2v) is 11.0. The van der Waals surface area contributed by atoms with Gasteiger partial charge < -0.3 is 29.6 Å². The molecular weight excluding hydrogens is 540 g/mol. The standard InChI is InChI=1S/C32H38N2O8/c1-20(28-29(41-28)22-9-6-5-7-10-22)25-11-8-12-26(35)34-24(19-21-13-15-23(39-4)16-14-21)30(37)33-18-17-27(36)42-32(2,3)31(38)40-25/h5-10,12-16,20,24-25,28-29H,11,17-19H2,1-4H3,(H,33,37)(H,34,35)/b12-8+/t20-,24+,25-,28+,29+/m0/s1. The van der Waals surface area contributed by atoms with Gasteiger partial charge in [-0.25, -0.2) is 4.79 Å². The van der Waals surface area contributed by atoms with E-state index in [1.165, 1.54) is 19.9 Å². The molecule has 2 N–H and O–H groups in total. The summed E-state index contributed by atoms with van der Waals surface area (Å²) in [5, 5.41) is 5.42. The van der Waals surface area contributed by atoms with Crippen LogP contribution in [0.5, 0.6) is 5.75 Å². The number of amides is 2. The van der Waals surface area contributed by atoms with Crippen molar-refractivity contribution < 1.29 is 38.1 Å². The van der Waals surface area contributed by atoms with Crippen LogP contribution in [0.25, 0.3) is 0 Å². The molecule has 42 heavy (non-hydrogen) atoms. The van der Waals surface area contributed by atoms with Gasteiger partial charge in [-0.05, 0) is 43.2 Å². The zero-order valence-corrected chi connectivity index (χ0v) is 24.3. The first-order chi connectivity index (χ1) is 20.1. The van der Waals surface area contributed by atoms with Gasteiger partial charge in [0.05, 0.1) is 19.6 Å². The van der Waals surface area contributed by atoms with Crippen LogP contribution in [0, 0.1) is 5.92 Å². The maximum absolute atomic E-state index is 13.1. The number of ether oxygens (including phenoxy) is 4. The molecular formula is C32H38N2O8. The van der Waals surface area contributed by atoms with Crippen molar-refractivity contribution in [2.24, 2.45) is 5.92 Å². The summed E-state index contributed by atoms with van der Waals surface area (Å²) in [7, 11) is 1.56. The van der Waals surface area contributed by atoms with Crippen LogP contribution in [0.3, 0.4) is 0 Å². The van der Waals surface area contributed by atoms with Crippen LogP contribution in [-0.4, -0.2) is 61.3 Å². The van der Waals surface area contributed by atoms with Gasteiger partial charge in [0.1, 0.15) is 24.0 Å². The van der Waals surface area contributed by atoms with Gasteiger partial charge in [-0.3, -0.25) is 14.4 Å². The zero-order valence-electron chi connectivity index (χ0n) is 24.3. The Hall–Kier alpha value is -4.18. The highest BCUT2D eigenvalue weighted by molar-refractivity contribution is 5.93. The molecule has 2 aromatic rings. The van der Waals surface area contributed by atoms with Crippen molar-refractivity contribution in [3.8, 4) is 5.75 Å². The van der Waals surface area contributed by atoms with Crippen LogP contribution in [-0.2, 0) is 39.8 Å². The highest BCUT2D eigenvalue weighted by Crippen LogP contribution is 2.45. The van der Waals surface area contributed by atoms with E-state index in [1.54, 1.807) is 25.3 Å². The number of hydrogen-bond acceptors (Lipinski definition) is 8. The van der Waals surface area contributed by atoms with Crippen LogP contribution in [0.4, 0.5) is 0 Å². The summed E-state index contributed by atoms with van der Waals surface area (Å²) in [6.07, 6.45) is 2.23. The molecule has 0 spiro atoms. The van der Waals surface area contributed by atoms with E-state index in [0.29, 0.717) is 5.75 Å². The summed E-state index contributed by atoms with van der Waals surface area (Å²) >= 11 is 0. The fraction of sp³-hybridized carbons (Fsp3) is 0.438. The maximum atomic E-state index is 13.1. The number of methoxy groups -OCH3 is 1. The van der Waals surface area contributed by atoms with Gasteiger partial charge in [0, 0.05) is 25.3 Å². The zero-order chi connectivity index (χ0) is 30.3. The highest BCUT2D eigenvalue weighted by Gasteiger charge is 2.48. The lowest BCUT2D eigenvalue weighted by Crippen LogP contribution is -2.48. The Balaban J connectivity index is 1.52. The molecule has 10 nitrogen and oxygen atoms in total. The topological polar surface area (TPSA) is 133 Å². The van der Waals surface area contributed by atoms with Gasteiger partial charge in [-0.2, -0.15) is 0 Å². The number of carbonyl (C=O) groups excluding carboxylic acids is 4. The lowest BCUT2D eigenvalue weighted by Gasteiger charge is -2.28. The second-order valence-electron chi connectivity index (χ2n) is 11.0. The molecule has 2 aliphatic heterocycles. The Morgan fingerprint density at radius 1 is 1.02 bits per heavy atom. The Morgan fingerprint density at radius 2 is 1.74 bits per heavy atom. The van der Waals surface area contributed by atoms with Crippen molar-refractivity contribution in [1.82, 2.24) is 10.6 Å². The third kappa shape index (κ3) is 8.19. The van der Waals surface area contributed by atoms with Gasteiger partial charge in [-0.15, -0.1) is 0 Å². The molecule has 5 atom stereocenters. The van der Waals surface area contributed by atoms with Crippen molar-refractivity contribution in [2.45, 2.75) is 70.0 Å². The molecule has 0 unspecified atom stereocenters. The fourth-order valence-corrected chi connectivity index (χ4v) is 4.82. The van der Waals surface area contributed by atoms with Gasteiger partial charge in [0.25, 0.3) is 0 Å². The summed E-state index contributed by atoms with van der Waals surface area (Å²) < 4.78 is 22.5. The van der Waals surface area contributed by atoms with E-state index in [0.717, 1.165) is 11.1 Å². The molecule has 1 saturated heterocycles. The van der Waals surface area contributed by atoms with Crippen molar-refractivity contribution in [3.05, 3.63) is 77.9 Å². The molecule has 0 bridgehead atoms. The number of esters is 2. The molecule has 0 aliphatic carbocycles. The first-order valence-corrected chi connectivity index (χ1v) is 14.1. The second kappa shape index (κ2) is 13.7. The van der Waals surface area contributed by atoms with Crippen LogP contribution in [0.1, 0.15) is 50.8 Å². The Morgan fingerprint density at radius 3 is 2.43 bits per heavy atom. The smallest absolute Gasteiger partial charge is 0.350 e. The minimum Gasteiger partial charge on any atom is -0.497 e. The Kier molecular flexibility index (Phi) is 10.0. The SMILES string of the molecule is COc1ccc(C[C@H]2NC(=O)/C=C/C[C@@H]([C@H](C)[C@H]3O[C@@H]3c3ccccc3)OC(=O)C(C)(C)OC(=O)CCNC2=O)cc1. The maximum Gasteiger partial charge on any atom is 0.350 e. The molecule has 224 valence electrons. The van der Waals surface area contributed by atoms with Crippen LogP contribution in [0.2, 0.25) is 0 Å².